The van der Waals surface area contributed by atoms with Gasteiger partial charge in [0.1, 0.15) is 11.6 Å². The summed E-state index contributed by atoms with van der Waals surface area (Å²) in [6, 6.07) is 2.58. The molecule has 2 fully saturated rings. The van der Waals surface area contributed by atoms with E-state index in [0.29, 0.717) is 18.5 Å². The zero-order valence-corrected chi connectivity index (χ0v) is 18.0. The molecule has 158 valence electrons. The molecule has 0 spiro atoms. The summed E-state index contributed by atoms with van der Waals surface area (Å²) in [4.78, 5) is 16.1. The SMILES string of the molecule is Cn1nnc(OCCCN2CCN(c3cc(C4CC4)nc(C(C)(C)C)n3)CC2)n1. The van der Waals surface area contributed by atoms with Crippen molar-refractivity contribution in [1.29, 1.82) is 0 Å². The highest BCUT2D eigenvalue weighted by atomic mass is 16.5. The van der Waals surface area contributed by atoms with Gasteiger partial charge < -0.3 is 9.64 Å². The van der Waals surface area contributed by atoms with Crippen molar-refractivity contribution in [1.82, 2.24) is 35.1 Å². The smallest absolute Gasteiger partial charge is 0.356 e. The second-order valence-electron chi connectivity index (χ2n) is 9.09. The van der Waals surface area contributed by atoms with E-state index in [1.807, 2.05) is 0 Å². The van der Waals surface area contributed by atoms with Gasteiger partial charge in [0.25, 0.3) is 0 Å². The molecule has 1 aliphatic carbocycles. The van der Waals surface area contributed by atoms with Crippen LogP contribution in [0.25, 0.3) is 0 Å². The van der Waals surface area contributed by atoms with Crippen molar-refractivity contribution in [3.8, 4) is 6.01 Å². The van der Waals surface area contributed by atoms with Crippen molar-refractivity contribution in [3.05, 3.63) is 17.6 Å². The Morgan fingerprint density at radius 2 is 1.86 bits per heavy atom. The fourth-order valence-corrected chi connectivity index (χ4v) is 3.51. The van der Waals surface area contributed by atoms with Gasteiger partial charge in [-0.15, -0.1) is 0 Å². The molecule has 1 saturated carbocycles. The molecule has 2 aromatic rings. The molecule has 2 aromatic heterocycles. The molecule has 0 aromatic carbocycles. The molecule has 3 heterocycles. The average Bonchev–Trinajstić information content (AvgIpc) is 3.47. The number of nitrogens with zero attached hydrogens (tertiary/aromatic N) is 8. The first-order valence-corrected chi connectivity index (χ1v) is 10.6. The molecule has 1 saturated heterocycles. The van der Waals surface area contributed by atoms with Crippen molar-refractivity contribution in [3.63, 3.8) is 0 Å². The molecule has 0 bridgehead atoms. The largest absolute Gasteiger partial charge is 0.461 e. The molecule has 1 aliphatic heterocycles. The van der Waals surface area contributed by atoms with Crippen LogP contribution in [0.2, 0.25) is 0 Å². The Morgan fingerprint density at radius 3 is 2.48 bits per heavy atom. The van der Waals surface area contributed by atoms with E-state index < -0.39 is 0 Å². The quantitative estimate of drug-likeness (QED) is 0.650. The molecule has 2 aliphatic rings. The number of hydrogen-bond acceptors (Lipinski definition) is 8. The Hall–Kier alpha value is -2.29. The van der Waals surface area contributed by atoms with Crippen LogP contribution in [0, 0.1) is 0 Å². The summed E-state index contributed by atoms with van der Waals surface area (Å²) < 4.78 is 5.54. The molecular formula is C20H32N8O. The van der Waals surface area contributed by atoms with Crippen molar-refractivity contribution in [2.45, 2.75) is 51.4 Å². The lowest BCUT2D eigenvalue weighted by Crippen LogP contribution is -2.47. The second kappa shape index (κ2) is 8.22. The third kappa shape index (κ3) is 5.20. The highest BCUT2D eigenvalue weighted by Crippen LogP contribution is 2.40. The standard InChI is InChI=1S/C20H32N8O/c1-20(2,3)18-21-16(15-6-7-15)14-17(22-18)28-11-9-27(10-12-28)8-5-13-29-19-23-25-26(4)24-19/h14-15H,5-13H2,1-4H3. The summed E-state index contributed by atoms with van der Waals surface area (Å²) >= 11 is 0. The third-order valence-electron chi connectivity index (χ3n) is 5.43. The molecular weight excluding hydrogens is 368 g/mol. The fraction of sp³-hybridized carbons (Fsp3) is 0.750. The first-order valence-electron chi connectivity index (χ1n) is 10.6. The second-order valence-corrected chi connectivity index (χ2v) is 9.09. The van der Waals surface area contributed by atoms with E-state index in [4.69, 9.17) is 14.7 Å². The van der Waals surface area contributed by atoms with E-state index in [9.17, 15) is 0 Å². The summed E-state index contributed by atoms with van der Waals surface area (Å²) in [6.07, 6.45) is 3.48. The van der Waals surface area contributed by atoms with Crippen molar-refractivity contribution in [2.75, 3.05) is 44.2 Å². The Bertz CT molecular complexity index is 818. The summed E-state index contributed by atoms with van der Waals surface area (Å²) in [5.74, 6) is 2.71. The first kappa shape index (κ1) is 20.0. The van der Waals surface area contributed by atoms with Gasteiger partial charge in [-0.3, -0.25) is 4.90 Å². The number of aryl methyl sites for hydroxylation is 1. The van der Waals surface area contributed by atoms with E-state index in [0.717, 1.165) is 50.8 Å². The Morgan fingerprint density at radius 1 is 1.10 bits per heavy atom. The van der Waals surface area contributed by atoms with E-state index in [-0.39, 0.29) is 5.41 Å². The number of piperazine rings is 1. The van der Waals surface area contributed by atoms with Crippen LogP contribution in [0.4, 0.5) is 5.82 Å². The van der Waals surface area contributed by atoms with Gasteiger partial charge in [0.15, 0.2) is 0 Å². The summed E-state index contributed by atoms with van der Waals surface area (Å²) in [5, 5.41) is 11.6. The zero-order chi connectivity index (χ0) is 20.4. The van der Waals surface area contributed by atoms with Crippen LogP contribution in [-0.4, -0.2) is 74.4 Å². The lowest BCUT2D eigenvalue weighted by atomic mass is 9.95. The Labute approximate surface area is 172 Å². The van der Waals surface area contributed by atoms with Crippen LogP contribution in [-0.2, 0) is 12.5 Å². The highest BCUT2D eigenvalue weighted by Gasteiger charge is 2.29. The Balaban J connectivity index is 1.28. The van der Waals surface area contributed by atoms with E-state index in [2.05, 4.69) is 52.0 Å². The minimum Gasteiger partial charge on any atom is -0.461 e. The maximum Gasteiger partial charge on any atom is 0.356 e. The maximum absolute atomic E-state index is 5.54. The number of anilines is 1. The number of aromatic nitrogens is 6. The van der Waals surface area contributed by atoms with Crippen LogP contribution >= 0.6 is 0 Å². The van der Waals surface area contributed by atoms with Gasteiger partial charge in [-0.05, 0) is 24.5 Å². The number of tetrazole rings is 1. The molecule has 0 atom stereocenters. The van der Waals surface area contributed by atoms with Gasteiger partial charge in [0.2, 0.25) is 0 Å². The summed E-state index contributed by atoms with van der Waals surface area (Å²) in [6.45, 7) is 12.3. The van der Waals surface area contributed by atoms with Gasteiger partial charge in [-0.25, -0.2) is 9.97 Å². The maximum atomic E-state index is 5.54. The third-order valence-corrected chi connectivity index (χ3v) is 5.43. The summed E-state index contributed by atoms with van der Waals surface area (Å²) in [7, 11) is 1.73. The van der Waals surface area contributed by atoms with E-state index >= 15 is 0 Å². The van der Waals surface area contributed by atoms with Gasteiger partial charge in [-0.1, -0.05) is 31.0 Å². The number of ether oxygens (including phenoxy) is 1. The topological polar surface area (TPSA) is 85.1 Å². The van der Waals surface area contributed by atoms with Crippen LogP contribution in [0.15, 0.2) is 6.07 Å². The molecule has 0 N–H and O–H groups in total. The van der Waals surface area contributed by atoms with Crippen LogP contribution in [0.1, 0.15) is 57.5 Å². The van der Waals surface area contributed by atoms with Gasteiger partial charge in [-0.2, -0.15) is 4.80 Å². The van der Waals surface area contributed by atoms with E-state index in [1.165, 1.54) is 23.3 Å². The fourth-order valence-electron chi connectivity index (χ4n) is 3.51. The minimum atomic E-state index is -0.0283. The molecule has 29 heavy (non-hydrogen) atoms. The molecule has 0 amide bonds. The lowest BCUT2D eigenvalue weighted by molar-refractivity contribution is 0.217. The van der Waals surface area contributed by atoms with Gasteiger partial charge in [0, 0.05) is 55.8 Å². The molecule has 9 nitrogen and oxygen atoms in total. The van der Waals surface area contributed by atoms with Gasteiger partial charge in [0.05, 0.1) is 13.7 Å². The highest BCUT2D eigenvalue weighted by molar-refractivity contribution is 5.42. The average molecular weight is 401 g/mol. The number of rotatable bonds is 7. The van der Waals surface area contributed by atoms with Crippen molar-refractivity contribution < 1.29 is 4.74 Å². The van der Waals surface area contributed by atoms with E-state index in [1.54, 1.807) is 7.05 Å². The van der Waals surface area contributed by atoms with Gasteiger partial charge >= 0.3 is 6.01 Å². The molecule has 9 heteroatoms. The van der Waals surface area contributed by atoms with Crippen molar-refractivity contribution >= 4 is 5.82 Å². The Kier molecular flexibility index (Phi) is 5.67. The van der Waals surface area contributed by atoms with Crippen molar-refractivity contribution in [2.24, 2.45) is 7.05 Å². The predicted molar refractivity (Wildman–Crippen MR) is 110 cm³/mol. The monoisotopic (exact) mass is 400 g/mol. The van der Waals surface area contributed by atoms with Crippen LogP contribution in [0.3, 0.4) is 0 Å². The molecule has 0 unspecified atom stereocenters. The molecule has 0 radical (unpaired) electrons. The minimum absolute atomic E-state index is 0.0283. The summed E-state index contributed by atoms with van der Waals surface area (Å²) in [5.41, 5.74) is 1.21. The predicted octanol–water partition coefficient (Wildman–Crippen LogP) is 1.77. The molecule has 4 rings (SSSR count). The first-order chi connectivity index (χ1) is 13.9. The van der Waals surface area contributed by atoms with Crippen LogP contribution < -0.4 is 9.64 Å². The zero-order valence-electron chi connectivity index (χ0n) is 18.0. The number of hydrogen-bond donors (Lipinski definition) is 0. The normalized spacial score (nSPS) is 18.3. The van der Waals surface area contributed by atoms with Crippen LogP contribution in [0.5, 0.6) is 6.01 Å². The lowest BCUT2D eigenvalue weighted by Gasteiger charge is -2.36.